The van der Waals surface area contributed by atoms with E-state index < -0.39 is 22.0 Å². The van der Waals surface area contributed by atoms with E-state index in [0.29, 0.717) is 17.2 Å². The van der Waals surface area contributed by atoms with E-state index >= 15 is 0 Å². The van der Waals surface area contributed by atoms with E-state index in [4.69, 9.17) is 9.47 Å². The third-order valence-corrected chi connectivity index (χ3v) is 4.67. The molecule has 0 fully saturated rings. The largest absolute Gasteiger partial charge is 0.548 e. The third kappa shape index (κ3) is 4.24. The summed E-state index contributed by atoms with van der Waals surface area (Å²) in [6.45, 7) is 1.19. The standard InChI is InChI=1S/C16H17NO6S/c1-11(16(18)19)17-24(20,21)13-9-7-12(8-10-13)23-15-6-4-3-5-14(15)22-2/h3-11,17H,1-2H3,(H,18,19)/p-1/t11-/m1/s1. The zero-order valence-corrected chi connectivity index (χ0v) is 13.9. The first-order valence-electron chi connectivity index (χ1n) is 6.97. The van der Waals surface area contributed by atoms with E-state index in [1.807, 2.05) is 4.72 Å². The number of sulfonamides is 1. The Bertz CT molecular complexity index is 817. The van der Waals surface area contributed by atoms with Gasteiger partial charge in [0, 0.05) is 0 Å². The topological polar surface area (TPSA) is 105 Å². The molecule has 0 unspecified atom stereocenters. The molecule has 7 nitrogen and oxygen atoms in total. The number of carboxylic acid groups (broad SMARTS) is 1. The third-order valence-electron chi connectivity index (χ3n) is 3.12. The second kappa shape index (κ2) is 7.33. The van der Waals surface area contributed by atoms with Crippen LogP contribution in [0.2, 0.25) is 0 Å². The van der Waals surface area contributed by atoms with Crippen LogP contribution >= 0.6 is 0 Å². The zero-order chi connectivity index (χ0) is 17.7. The molecule has 1 atom stereocenters. The van der Waals surface area contributed by atoms with Gasteiger partial charge in [0.05, 0.1) is 24.0 Å². The molecule has 24 heavy (non-hydrogen) atoms. The molecule has 2 aromatic rings. The van der Waals surface area contributed by atoms with E-state index in [9.17, 15) is 18.3 Å². The van der Waals surface area contributed by atoms with Gasteiger partial charge in [-0.05, 0) is 43.3 Å². The number of carbonyl (C=O) groups excluding carboxylic acids is 1. The molecule has 0 aromatic heterocycles. The lowest BCUT2D eigenvalue weighted by Crippen LogP contribution is -2.45. The normalized spacial score (nSPS) is 12.4. The summed E-state index contributed by atoms with van der Waals surface area (Å²) in [5.74, 6) is -0.0703. The van der Waals surface area contributed by atoms with Crippen LogP contribution in [-0.2, 0) is 14.8 Å². The fourth-order valence-corrected chi connectivity index (χ4v) is 3.06. The summed E-state index contributed by atoms with van der Waals surface area (Å²) >= 11 is 0. The van der Waals surface area contributed by atoms with Crippen molar-refractivity contribution in [1.82, 2.24) is 4.72 Å². The van der Waals surface area contributed by atoms with Crippen LogP contribution in [0.3, 0.4) is 0 Å². The van der Waals surface area contributed by atoms with Crippen LogP contribution in [0.1, 0.15) is 6.92 Å². The maximum atomic E-state index is 12.1. The molecule has 0 saturated carbocycles. The van der Waals surface area contributed by atoms with Gasteiger partial charge in [-0.1, -0.05) is 12.1 Å². The average Bonchev–Trinajstić information content (AvgIpc) is 2.55. The molecule has 0 heterocycles. The van der Waals surface area contributed by atoms with Gasteiger partial charge in [0.1, 0.15) is 5.75 Å². The van der Waals surface area contributed by atoms with E-state index in [0.717, 1.165) is 0 Å². The summed E-state index contributed by atoms with van der Waals surface area (Å²) in [4.78, 5) is 10.6. The highest BCUT2D eigenvalue weighted by molar-refractivity contribution is 7.89. The molecule has 0 aliphatic carbocycles. The van der Waals surface area contributed by atoms with Crippen molar-refractivity contribution in [1.29, 1.82) is 0 Å². The minimum atomic E-state index is -3.96. The van der Waals surface area contributed by atoms with E-state index in [1.54, 1.807) is 24.3 Å². The van der Waals surface area contributed by atoms with Gasteiger partial charge in [0.25, 0.3) is 0 Å². The molecule has 0 amide bonds. The molecule has 2 rings (SSSR count). The Balaban J connectivity index is 2.17. The number of hydrogen-bond donors (Lipinski definition) is 1. The first-order valence-corrected chi connectivity index (χ1v) is 8.46. The fraction of sp³-hybridized carbons (Fsp3) is 0.188. The number of ether oxygens (including phenoxy) is 2. The molecule has 1 N–H and O–H groups in total. The van der Waals surface area contributed by atoms with Crippen LogP contribution < -0.4 is 19.3 Å². The van der Waals surface area contributed by atoms with E-state index in [2.05, 4.69) is 0 Å². The van der Waals surface area contributed by atoms with Crippen LogP contribution in [0.15, 0.2) is 53.4 Å². The second-order valence-corrected chi connectivity index (χ2v) is 6.60. The number of benzene rings is 2. The molecule has 8 heteroatoms. The summed E-state index contributed by atoms with van der Waals surface area (Å²) in [5.41, 5.74) is 0. The van der Waals surface area contributed by atoms with Gasteiger partial charge in [0.2, 0.25) is 10.0 Å². The number of para-hydroxylation sites is 2. The minimum absolute atomic E-state index is 0.0806. The molecule has 0 aliphatic heterocycles. The molecular formula is C16H16NO6S-. The molecule has 128 valence electrons. The number of methoxy groups -OCH3 is 1. The van der Waals surface area contributed by atoms with Gasteiger partial charge in [0.15, 0.2) is 11.5 Å². The molecule has 0 radical (unpaired) electrons. The highest BCUT2D eigenvalue weighted by Gasteiger charge is 2.18. The van der Waals surface area contributed by atoms with Crippen molar-refractivity contribution in [2.24, 2.45) is 0 Å². The fourth-order valence-electron chi connectivity index (χ4n) is 1.87. The van der Waals surface area contributed by atoms with Crippen molar-refractivity contribution in [2.75, 3.05) is 7.11 Å². The van der Waals surface area contributed by atoms with Crippen LogP contribution in [-0.4, -0.2) is 27.5 Å². The molecule has 0 bridgehead atoms. The Labute approximate surface area is 139 Å². The highest BCUT2D eigenvalue weighted by atomic mass is 32.2. The number of nitrogens with one attached hydrogen (secondary N) is 1. The smallest absolute Gasteiger partial charge is 0.241 e. The number of rotatable bonds is 7. The van der Waals surface area contributed by atoms with Crippen LogP contribution in [0, 0.1) is 0 Å². The lowest BCUT2D eigenvalue weighted by atomic mass is 10.3. The SMILES string of the molecule is COc1ccccc1Oc1ccc(S(=O)(=O)N[C@H](C)C(=O)[O-])cc1. The Kier molecular flexibility index (Phi) is 5.42. The first kappa shape index (κ1) is 17.8. The van der Waals surface area contributed by atoms with Crippen LogP contribution in [0.5, 0.6) is 17.2 Å². The van der Waals surface area contributed by atoms with Crippen molar-refractivity contribution in [3.8, 4) is 17.2 Å². The summed E-state index contributed by atoms with van der Waals surface area (Å²) in [6, 6.07) is 11.2. The van der Waals surface area contributed by atoms with Gasteiger partial charge >= 0.3 is 0 Å². The van der Waals surface area contributed by atoms with Gasteiger partial charge in [-0.25, -0.2) is 13.1 Å². The number of hydrogen-bond acceptors (Lipinski definition) is 6. The molecule has 0 aliphatic rings. The summed E-state index contributed by atoms with van der Waals surface area (Å²) in [6.07, 6.45) is 0. The zero-order valence-electron chi connectivity index (χ0n) is 13.1. The van der Waals surface area contributed by atoms with E-state index in [1.165, 1.54) is 38.3 Å². The first-order chi connectivity index (χ1) is 11.3. The number of carbonyl (C=O) groups is 1. The lowest BCUT2D eigenvalue weighted by molar-refractivity contribution is -0.307. The van der Waals surface area contributed by atoms with Gasteiger partial charge in [-0.3, -0.25) is 0 Å². The Morgan fingerprint density at radius 3 is 2.21 bits per heavy atom. The van der Waals surface area contributed by atoms with Crippen LogP contribution in [0.25, 0.3) is 0 Å². The minimum Gasteiger partial charge on any atom is -0.548 e. The molecule has 2 aromatic carbocycles. The quantitative estimate of drug-likeness (QED) is 0.796. The van der Waals surface area contributed by atoms with Crippen molar-refractivity contribution >= 4 is 16.0 Å². The number of carboxylic acids is 1. The highest BCUT2D eigenvalue weighted by Crippen LogP contribution is 2.31. The Morgan fingerprint density at radius 2 is 1.67 bits per heavy atom. The van der Waals surface area contributed by atoms with Gasteiger partial charge < -0.3 is 19.4 Å². The van der Waals surface area contributed by atoms with Gasteiger partial charge in [-0.2, -0.15) is 0 Å². The maximum absolute atomic E-state index is 12.1. The average molecular weight is 350 g/mol. The molecule has 0 saturated heterocycles. The monoisotopic (exact) mass is 350 g/mol. The van der Waals surface area contributed by atoms with Crippen LogP contribution in [0.4, 0.5) is 0 Å². The van der Waals surface area contributed by atoms with Crippen molar-refractivity contribution in [3.63, 3.8) is 0 Å². The maximum Gasteiger partial charge on any atom is 0.241 e. The predicted octanol–water partition coefficient (Wildman–Crippen LogP) is 0.904. The van der Waals surface area contributed by atoms with Crippen molar-refractivity contribution in [2.45, 2.75) is 17.9 Å². The second-order valence-electron chi connectivity index (χ2n) is 4.89. The summed E-state index contributed by atoms with van der Waals surface area (Å²) < 4.78 is 36.9. The Hall–Kier alpha value is -2.58. The Morgan fingerprint density at radius 1 is 1.08 bits per heavy atom. The number of aliphatic carboxylic acids is 1. The summed E-state index contributed by atoms with van der Waals surface area (Å²) in [5, 5.41) is 10.7. The van der Waals surface area contributed by atoms with Gasteiger partial charge in [-0.15, -0.1) is 0 Å². The van der Waals surface area contributed by atoms with E-state index in [-0.39, 0.29) is 4.90 Å². The molecule has 0 spiro atoms. The predicted molar refractivity (Wildman–Crippen MR) is 84.3 cm³/mol. The lowest BCUT2D eigenvalue weighted by Gasteiger charge is -2.15. The molecular weight excluding hydrogens is 334 g/mol. The van der Waals surface area contributed by atoms with Crippen molar-refractivity contribution in [3.05, 3.63) is 48.5 Å². The van der Waals surface area contributed by atoms with Crippen molar-refractivity contribution < 1.29 is 27.8 Å². The summed E-state index contributed by atoms with van der Waals surface area (Å²) in [7, 11) is -2.44.